The number of nitrogens with zero attached hydrogens (tertiary/aromatic N) is 4. The second-order valence-electron chi connectivity index (χ2n) is 7.42. The highest BCUT2D eigenvalue weighted by Gasteiger charge is 2.44. The quantitative estimate of drug-likeness (QED) is 0.603. The first kappa shape index (κ1) is 21.4. The largest absolute Gasteiger partial charge is 0.460 e. The topological polar surface area (TPSA) is 129 Å². The first-order valence-corrected chi connectivity index (χ1v) is 10.7. The van der Waals surface area contributed by atoms with Crippen LogP contribution >= 0.6 is 11.8 Å². The summed E-state index contributed by atoms with van der Waals surface area (Å²) in [5.74, 6) is -1.11. The van der Waals surface area contributed by atoms with Crippen LogP contribution in [0.3, 0.4) is 0 Å². The summed E-state index contributed by atoms with van der Waals surface area (Å²) in [6, 6.07) is 0.0824. The van der Waals surface area contributed by atoms with Crippen molar-refractivity contribution in [2.45, 2.75) is 62.5 Å². The van der Waals surface area contributed by atoms with E-state index in [9.17, 15) is 23.4 Å². The summed E-state index contributed by atoms with van der Waals surface area (Å²) in [6.45, 7) is 0. The number of fused-ring (bicyclic) bond motifs is 1. The summed E-state index contributed by atoms with van der Waals surface area (Å²) in [7, 11) is 0. The summed E-state index contributed by atoms with van der Waals surface area (Å²) in [4.78, 5) is 12.6. The molecule has 2 aromatic rings. The number of ether oxygens (including phenoxy) is 2. The average molecular weight is 449 g/mol. The zero-order valence-electron chi connectivity index (χ0n) is 15.8. The Kier molecular flexibility index (Phi) is 5.97. The fourth-order valence-electron chi connectivity index (χ4n) is 3.70. The molecule has 166 valence electrons. The molecule has 0 radical (unpaired) electrons. The van der Waals surface area contributed by atoms with Gasteiger partial charge >= 0.3 is 12.2 Å². The van der Waals surface area contributed by atoms with Crippen molar-refractivity contribution in [1.29, 1.82) is 0 Å². The van der Waals surface area contributed by atoms with Crippen molar-refractivity contribution in [1.82, 2.24) is 19.5 Å². The van der Waals surface area contributed by atoms with Gasteiger partial charge in [0.15, 0.2) is 23.2 Å². The molecule has 1 saturated carbocycles. The van der Waals surface area contributed by atoms with E-state index in [-0.39, 0.29) is 34.8 Å². The van der Waals surface area contributed by atoms with E-state index in [1.54, 1.807) is 0 Å². The van der Waals surface area contributed by atoms with Crippen LogP contribution in [0.1, 0.15) is 31.9 Å². The van der Waals surface area contributed by atoms with E-state index in [1.807, 2.05) is 0 Å². The minimum atomic E-state index is -4.32. The molecule has 0 unspecified atom stereocenters. The summed E-state index contributed by atoms with van der Waals surface area (Å²) in [6.07, 6.45) is -3.87. The Morgan fingerprint density at radius 2 is 1.97 bits per heavy atom. The molecule has 1 aliphatic heterocycles. The SMILES string of the molecule is Nc1nc(OC2CCCC2)nc2c1ncn2[C@@H]1O[C@H](CSCC(F)(F)F)[C@@H](O)[C@H]1O. The third-order valence-corrected chi connectivity index (χ3v) is 6.26. The van der Waals surface area contributed by atoms with Crippen LogP contribution in [0.5, 0.6) is 6.01 Å². The third kappa shape index (κ3) is 4.43. The Balaban J connectivity index is 1.53. The number of imidazole rings is 1. The number of thioether (sulfide) groups is 1. The minimum Gasteiger partial charge on any atom is -0.460 e. The van der Waals surface area contributed by atoms with Crippen LogP contribution in [0.2, 0.25) is 0 Å². The number of hydrogen-bond donors (Lipinski definition) is 3. The van der Waals surface area contributed by atoms with Crippen molar-refractivity contribution in [3.8, 4) is 6.01 Å². The van der Waals surface area contributed by atoms with Gasteiger partial charge in [-0.05, 0) is 25.7 Å². The number of alkyl halides is 3. The molecule has 13 heteroatoms. The van der Waals surface area contributed by atoms with Gasteiger partial charge in [0.25, 0.3) is 0 Å². The molecular formula is C17H22F3N5O4S. The Morgan fingerprint density at radius 1 is 1.23 bits per heavy atom. The number of hydrogen-bond acceptors (Lipinski definition) is 9. The highest BCUT2D eigenvalue weighted by atomic mass is 32.2. The molecule has 2 fully saturated rings. The lowest BCUT2D eigenvalue weighted by atomic mass is 10.1. The second-order valence-corrected chi connectivity index (χ2v) is 8.45. The number of aromatic nitrogens is 4. The molecule has 2 aliphatic rings. The van der Waals surface area contributed by atoms with Gasteiger partial charge in [0, 0.05) is 5.75 Å². The van der Waals surface area contributed by atoms with Crippen LogP contribution in [0.25, 0.3) is 11.2 Å². The molecule has 0 aromatic carbocycles. The van der Waals surface area contributed by atoms with Gasteiger partial charge in [-0.1, -0.05) is 0 Å². The Morgan fingerprint density at radius 3 is 2.67 bits per heavy atom. The molecule has 1 aliphatic carbocycles. The van der Waals surface area contributed by atoms with E-state index in [0.29, 0.717) is 11.8 Å². The van der Waals surface area contributed by atoms with Crippen molar-refractivity contribution in [2.75, 3.05) is 17.2 Å². The van der Waals surface area contributed by atoms with Gasteiger partial charge in [0.05, 0.1) is 18.2 Å². The fourth-order valence-corrected chi connectivity index (χ4v) is 4.56. The molecule has 2 aromatic heterocycles. The molecule has 1 saturated heterocycles. The van der Waals surface area contributed by atoms with Gasteiger partial charge in [0.1, 0.15) is 18.3 Å². The van der Waals surface area contributed by atoms with Gasteiger partial charge in [0.2, 0.25) is 0 Å². The molecule has 4 atom stereocenters. The standard InChI is InChI=1S/C17H22F3N5O4S/c18-17(19,20)6-30-5-9-11(26)12(27)15(29-9)25-7-22-10-13(21)23-16(24-14(10)25)28-8-3-1-2-4-8/h7-9,11-12,15,26-27H,1-6H2,(H2,21,23,24)/t9-,11-,12-,15-/m1/s1. The molecular weight excluding hydrogens is 427 g/mol. The monoisotopic (exact) mass is 449 g/mol. The minimum absolute atomic E-state index is 0.00315. The summed E-state index contributed by atoms with van der Waals surface area (Å²) >= 11 is 0.577. The van der Waals surface area contributed by atoms with Crippen molar-refractivity contribution < 1.29 is 32.9 Å². The number of aliphatic hydroxyl groups is 2. The van der Waals surface area contributed by atoms with Crippen LogP contribution in [0, 0.1) is 0 Å². The molecule has 30 heavy (non-hydrogen) atoms. The smallest absolute Gasteiger partial charge is 0.397 e. The van der Waals surface area contributed by atoms with Gasteiger partial charge in [-0.15, -0.1) is 11.8 Å². The highest BCUT2D eigenvalue weighted by molar-refractivity contribution is 7.99. The molecule has 0 bridgehead atoms. The molecule has 0 spiro atoms. The lowest BCUT2D eigenvalue weighted by molar-refractivity contribution is -0.105. The third-order valence-electron chi connectivity index (χ3n) is 5.16. The lowest BCUT2D eigenvalue weighted by Crippen LogP contribution is -2.33. The molecule has 4 rings (SSSR count). The van der Waals surface area contributed by atoms with E-state index in [0.717, 1.165) is 25.7 Å². The maximum absolute atomic E-state index is 12.4. The van der Waals surface area contributed by atoms with E-state index in [1.165, 1.54) is 10.9 Å². The average Bonchev–Trinajstić information content (AvgIpc) is 3.37. The number of rotatable bonds is 6. The van der Waals surface area contributed by atoms with E-state index < -0.39 is 36.5 Å². The summed E-state index contributed by atoms with van der Waals surface area (Å²) in [5, 5.41) is 20.7. The summed E-state index contributed by atoms with van der Waals surface area (Å²) in [5.41, 5.74) is 6.49. The maximum Gasteiger partial charge on any atom is 0.397 e. The molecule has 4 N–H and O–H groups in total. The number of halogens is 3. The number of nitrogen functional groups attached to an aromatic ring is 1. The van der Waals surface area contributed by atoms with E-state index >= 15 is 0 Å². The zero-order valence-corrected chi connectivity index (χ0v) is 16.6. The van der Waals surface area contributed by atoms with E-state index in [4.69, 9.17) is 15.2 Å². The fraction of sp³-hybridized carbons (Fsp3) is 0.706. The van der Waals surface area contributed by atoms with Crippen molar-refractivity contribution in [2.24, 2.45) is 0 Å². The van der Waals surface area contributed by atoms with Gasteiger partial charge < -0.3 is 25.4 Å². The number of anilines is 1. The zero-order chi connectivity index (χ0) is 21.5. The number of nitrogens with two attached hydrogens (primary N) is 1. The normalized spacial score (nSPS) is 27.9. The summed E-state index contributed by atoms with van der Waals surface area (Å²) < 4.78 is 50.0. The molecule has 9 nitrogen and oxygen atoms in total. The Labute approximate surface area is 173 Å². The predicted molar refractivity (Wildman–Crippen MR) is 102 cm³/mol. The van der Waals surface area contributed by atoms with Crippen molar-refractivity contribution >= 4 is 28.7 Å². The second kappa shape index (κ2) is 8.36. The predicted octanol–water partition coefficient (Wildman–Crippen LogP) is 1.64. The van der Waals surface area contributed by atoms with Crippen molar-refractivity contribution in [3.05, 3.63) is 6.33 Å². The maximum atomic E-state index is 12.4. The number of aliphatic hydroxyl groups excluding tert-OH is 2. The first-order valence-electron chi connectivity index (χ1n) is 9.56. The lowest BCUT2D eigenvalue weighted by Gasteiger charge is -2.17. The molecule has 3 heterocycles. The highest BCUT2D eigenvalue weighted by Crippen LogP contribution is 2.35. The molecule has 0 amide bonds. The van der Waals surface area contributed by atoms with Crippen molar-refractivity contribution in [3.63, 3.8) is 0 Å². The Hall–Kier alpha value is -1.83. The van der Waals surface area contributed by atoms with Crippen LogP contribution in [-0.2, 0) is 4.74 Å². The van der Waals surface area contributed by atoms with Gasteiger partial charge in [-0.25, -0.2) is 4.98 Å². The van der Waals surface area contributed by atoms with E-state index in [2.05, 4.69) is 15.0 Å². The Bertz CT molecular complexity index is 892. The van der Waals surface area contributed by atoms with Gasteiger partial charge in [-0.2, -0.15) is 23.1 Å². The van der Waals surface area contributed by atoms with Crippen LogP contribution in [0.4, 0.5) is 19.0 Å². The van der Waals surface area contributed by atoms with Crippen LogP contribution < -0.4 is 10.5 Å². The van der Waals surface area contributed by atoms with Crippen LogP contribution in [0.15, 0.2) is 6.33 Å². The first-order chi connectivity index (χ1) is 14.2. The van der Waals surface area contributed by atoms with Crippen LogP contribution in [-0.4, -0.2) is 71.8 Å². The van der Waals surface area contributed by atoms with Gasteiger partial charge in [-0.3, -0.25) is 4.57 Å².